The zero-order valence-corrected chi connectivity index (χ0v) is 21.5. The number of sulfone groups is 1. The predicted molar refractivity (Wildman–Crippen MR) is 139 cm³/mol. The molecule has 5 rings (SSSR count). The summed E-state index contributed by atoms with van der Waals surface area (Å²) < 4.78 is 59.7. The Morgan fingerprint density at radius 3 is 2.29 bits per heavy atom. The lowest BCUT2D eigenvalue weighted by Gasteiger charge is -2.16. The molecule has 0 spiro atoms. The van der Waals surface area contributed by atoms with Gasteiger partial charge in [-0.3, -0.25) is 0 Å². The number of rotatable bonds is 7. The molecule has 3 aromatic carbocycles. The van der Waals surface area contributed by atoms with Crippen molar-refractivity contribution < 1.29 is 21.9 Å². The maximum absolute atomic E-state index is 13.5. The first-order chi connectivity index (χ1) is 18.2. The molecule has 194 valence electrons. The van der Waals surface area contributed by atoms with Crippen LogP contribution in [0.2, 0.25) is 0 Å². The number of aromatic nitrogens is 5. The van der Waals surface area contributed by atoms with Gasteiger partial charge in [-0.1, -0.05) is 23.4 Å². The number of methoxy groups -OCH3 is 1. The Bertz CT molecular complexity index is 1730. The number of benzene rings is 3. The van der Waals surface area contributed by atoms with E-state index >= 15 is 0 Å². The van der Waals surface area contributed by atoms with Gasteiger partial charge in [0.15, 0.2) is 9.84 Å². The fourth-order valence-corrected chi connectivity index (χ4v) is 4.87. The van der Waals surface area contributed by atoms with Gasteiger partial charge in [0.25, 0.3) is 6.43 Å². The number of hydrogen-bond acceptors (Lipinski definition) is 6. The molecular weight excluding hydrogens is 512 g/mol. The minimum Gasteiger partial charge on any atom is -0.497 e. The summed E-state index contributed by atoms with van der Waals surface area (Å²) in [6, 6.07) is 19.3. The van der Waals surface area contributed by atoms with Gasteiger partial charge in [-0.05, 0) is 66.6 Å². The molecule has 11 heteroatoms. The lowest BCUT2D eigenvalue weighted by Crippen LogP contribution is -2.07. The number of hydrogen-bond donors (Lipinski definition) is 0. The minimum atomic E-state index is -3.42. The number of nitrogens with zero attached hydrogens (tertiary/aromatic N) is 5. The first-order valence-electron chi connectivity index (χ1n) is 11.5. The van der Waals surface area contributed by atoms with Crippen LogP contribution >= 0.6 is 0 Å². The molecule has 0 saturated carbocycles. The molecule has 0 aliphatic carbocycles. The van der Waals surface area contributed by atoms with E-state index in [1.165, 1.54) is 12.3 Å². The van der Waals surface area contributed by atoms with Crippen molar-refractivity contribution >= 4 is 9.84 Å². The normalized spacial score (nSPS) is 11.7. The number of alkyl halides is 2. The molecule has 0 saturated heterocycles. The highest BCUT2D eigenvalue weighted by Gasteiger charge is 2.20. The quantitative estimate of drug-likeness (QED) is 0.275. The number of imidazole rings is 1. The van der Waals surface area contributed by atoms with Crippen molar-refractivity contribution in [3.63, 3.8) is 0 Å². The van der Waals surface area contributed by atoms with Gasteiger partial charge < -0.3 is 9.30 Å². The summed E-state index contributed by atoms with van der Waals surface area (Å²) in [6.07, 6.45) is 1.33. The fraction of sp³-hybridized carbons (Fsp3) is 0.148. The van der Waals surface area contributed by atoms with Gasteiger partial charge in [-0.2, -0.15) is 0 Å². The second-order valence-electron chi connectivity index (χ2n) is 8.65. The number of aryl methyl sites for hydroxylation is 1. The Balaban J connectivity index is 1.72. The molecule has 0 radical (unpaired) electrons. The number of halogens is 2. The van der Waals surface area contributed by atoms with Gasteiger partial charge in [0.1, 0.15) is 17.3 Å². The molecule has 0 fully saturated rings. The summed E-state index contributed by atoms with van der Waals surface area (Å²) in [7, 11) is -1.84. The Morgan fingerprint density at radius 1 is 0.921 bits per heavy atom. The smallest absolute Gasteiger partial charge is 0.281 e. The van der Waals surface area contributed by atoms with Crippen LogP contribution in [0.3, 0.4) is 0 Å². The van der Waals surface area contributed by atoms with E-state index in [1.54, 1.807) is 59.8 Å². The average molecular weight is 536 g/mol. The minimum absolute atomic E-state index is 0.187. The SMILES string of the molecule is COc1ccc(-c2cnnn2-c2cc(-c3cccc(S(C)(=O)=O)c3)ccc2-n2cc(C(F)F)nc2C)cc1. The average Bonchev–Trinajstić information content (AvgIpc) is 3.55. The molecule has 2 aromatic heterocycles. The first kappa shape index (κ1) is 25.3. The van der Waals surface area contributed by atoms with Crippen LogP contribution in [0.15, 0.2) is 84.0 Å². The molecule has 0 aliphatic rings. The molecule has 2 heterocycles. The van der Waals surface area contributed by atoms with Crippen molar-refractivity contribution in [2.24, 2.45) is 0 Å². The summed E-state index contributed by atoms with van der Waals surface area (Å²) >= 11 is 0. The Kier molecular flexibility index (Phi) is 6.53. The highest BCUT2D eigenvalue weighted by Crippen LogP contribution is 2.33. The van der Waals surface area contributed by atoms with E-state index in [4.69, 9.17) is 4.74 Å². The Hall–Kier alpha value is -4.38. The van der Waals surface area contributed by atoms with Crippen molar-refractivity contribution in [3.05, 3.63) is 90.6 Å². The van der Waals surface area contributed by atoms with Gasteiger partial charge in [-0.15, -0.1) is 5.10 Å². The second kappa shape index (κ2) is 9.82. The molecule has 38 heavy (non-hydrogen) atoms. The first-order valence-corrected chi connectivity index (χ1v) is 13.4. The van der Waals surface area contributed by atoms with E-state index < -0.39 is 16.3 Å². The van der Waals surface area contributed by atoms with Crippen LogP contribution in [-0.2, 0) is 9.84 Å². The van der Waals surface area contributed by atoms with Gasteiger partial charge in [0.2, 0.25) is 0 Å². The standard InChI is InChI=1S/C27H23F2N5O3S/c1-17-31-23(27(28)29)16-33(17)24-12-9-20(19-5-4-6-22(13-19)38(3,35)36)14-25(24)34-26(15-30-32-34)18-7-10-21(37-2)11-8-18/h4-16,27H,1-3H3. The summed E-state index contributed by atoms with van der Waals surface area (Å²) in [5, 5.41) is 8.43. The molecule has 0 bridgehead atoms. The van der Waals surface area contributed by atoms with Crippen LogP contribution in [0.25, 0.3) is 33.8 Å². The van der Waals surface area contributed by atoms with Crippen LogP contribution in [0.5, 0.6) is 5.75 Å². The van der Waals surface area contributed by atoms with Crippen molar-refractivity contribution in [2.45, 2.75) is 18.2 Å². The second-order valence-corrected chi connectivity index (χ2v) is 10.7. The van der Waals surface area contributed by atoms with E-state index in [2.05, 4.69) is 15.3 Å². The maximum Gasteiger partial charge on any atom is 0.281 e. The monoisotopic (exact) mass is 535 g/mol. The van der Waals surface area contributed by atoms with Crippen molar-refractivity contribution in [1.82, 2.24) is 24.5 Å². The highest BCUT2D eigenvalue weighted by atomic mass is 32.2. The third-order valence-corrected chi connectivity index (χ3v) is 7.23. The van der Waals surface area contributed by atoms with Gasteiger partial charge in [0, 0.05) is 18.0 Å². The van der Waals surface area contributed by atoms with Crippen LogP contribution in [0.1, 0.15) is 17.9 Å². The molecule has 0 aliphatic heterocycles. The molecule has 0 amide bonds. The Labute approximate surface area is 218 Å². The van der Waals surface area contributed by atoms with E-state index in [1.807, 2.05) is 30.3 Å². The predicted octanol–water partition coefficient (Wildman–Crippen LogP) is 5.45. The Morgan fingerprint density at radius 2 is 1.63 bits per heavy atom. The summed E-state index contributed by atoms with van der Waals surface area (Å²) in [5.41, 5.74) is 3.58. The molecule has 8 nitrogen and oxygen atoms in total. The molecule has 5 aromatic rings. The highest BCUT2D eigenvalue weighted by molar-refractivity contribution is 7.90. The van der Waals surface area contributed by atoms with Crippen LogP contribution in [-0.4, -0.2) is 46.3 Å². The molecule has 0 N–H and O–H groups in total. The van der Waals surface area contributed by atoms with Crippen molar-refractivity contribution in [1.29, 1.82) is 0 Å². The third-order valence-electron chi connectivity index (χ3n) is 6.12. The van der Waals surface area contributed by atoms with E-state index in [9.17, 15) is 17.2 Å². The zero-order valence-electron chi connectivity index (χ0n) is 20.7. The van der Waals surface area contributed by atoms with Gasteiger partial charge >= 0.3 is 0 Å². The van der Waals surface area contributed by atoms with Crippen LogP contribution in [0.4, 0.5) is 8.78 Å². The molecule has 0 unspecified atom stereocenters. The van der Waals surface area contributed by atoms with Gasteiger partial charge in [-0.25, -0.2) is 26.9 Å². The lowest BCUT2D eigenvalue weighted by molar-refractivity contribution is 0.146. The largest absolute Gasteiger partial charge is 0.497 e. The molecular formula is C27H23F2N5O3S. The van der Waals surface area contributed by atoms with Crippen LogP contribution in [0, 0.1) is 6.92 Å². The third kappa shape index (κ3) is 4.80. The lowest BCUT2D eigenvalue weighted by atomic mass is 10.0. The molecule has 0 atom stereocenters. The van der Waals surface area contributed by atoms with Gasteiger partial charge in [0.05, 0.1) is 35.3 Å². The maximum atomic E-state index is 13.5. The summed E-state index contributed by atoms with van der Waals surface area (Å²) in [5.74, 6) is 1.06. The topological polar surface area (TPSA) is 91.9 Å². The number of ether oxygens (including phenoxy) is 1. The van der Waals surface area contributed by atoms with Crippen molar-refractivity contribution in [2.75, 3.05) is 13.4 Å². The van der Waals surface area contributed by atoms with E-state index in [0.717, 1.165) is 11.8 Å². The van der Waals surface area contributed by atoms with Crippen molar-refractivity contribution in [3.8, 4) is 39.5 Å². The summed E-state index contributed by atoms with van der Waals surface area (Å²) in [6.45, 7) is 1.64. The summed E-state index contributed by atoms with van der Waals surface area (Å²) in [4.78, 5) is 4.20. The van der Waals surface area contributed by atoms with Crippen LogP contribution < -0.4 is 4.74 Å². The van der Waals surface area contributed by atoms with E-state index in [0.29, 0.717) is 39.8 Å². The fourth-order valence-electron chi connectivity index (χ4n) is 4.20. The zero-order chi connectivity index (χ0) is 27.0. The van der Waals surface area contributed by atoms with E-state index in [-0.39, 0.29) is 10.6 Å².